The van der Waals surface area contributed by atoms with Crippen molar-refractivity contribution >= 4 is 43.6 Å². The fourth-order valence-corrected chi connectivity index (χ4v) is 7.86. The lowest BCUT2D eigenvalue weighted by Gasteiger charge is -2.21. The first-order valence-corrected chi connectivity index (χ1v) is 15.2. The third kappa shape index (κ3) is 3.24. The van der Waals surface area contributed by atoms with E-state index in [1.54, 1.807) is 0 Å². The molecular formula is C41H32N2. The lowest BCUT2D eigenvalue weighted by Crippen LogP contribution is -2.14. The van der Waals surface area contributed by atoms with Crippen LogP contribution in [0.15, 0.2) is 121 Å². The van der Waals surface area contributed by atoms with E-state index in [0.717, 1.165) is 0 Å². The van der Waals surface area contributed by atoms with Gasteiger partial charge in [-0.1, -0.05) is 92.2 Å². The highest BCUT2D eigenvalue weighted by molar-refractivity contribution is 6.13. The number of hydrogen-bond acceptors (Lipinski definition) is 0. The number of nitrogens with zero attached hydrogens (tertiary/aromatic N) is 2. The lowest BCUT2D eigenvalue weighted by atomic mass is 9.82. The van der Waals surface area contributed by atoms with Gasteiger partial charge in [-0.15, -0.1) is 0 Å². The van der Waals surface area contributed by atoms with Gasteiger partial charge in [0.1, 0.15) is 0 Å². The summed E-state index contributed by atoms with van der Waals surface area (Å²) < 4.78 is 4.91. The number of aryl methyl sites for hydroxylation is 2. The molecule has 2 heterocycles. The number of para-hydroxylation sites is 2. The van der Waals surface area contributed by atoms with Crippen molar-refractivity contribution in [1.29, 1.82) is 0 Å². The van der Waals surface area contributed by atoms with Crippen LogP contribution in [0.1, 0.15) is 36.1 Å². The van der Waals surface area contributed by atoms with Crippen LogP contribution in [0.25, 0.3) is 66.1 Å². The van der Waals surface area contributed by atoms with Crippen LogP contribution < -0.4 is 0 Å². The van der Waals surface area contributed by atoms with E-state index in [9.17, 15) is 0 Å². The molecule has 43 heavy (non-hydrogen) atoms. The zero-order chi connectivity index (χ0) is 29.0. The van der Waals surface area contributed by atoms with Crippen LogP contribution in [0.4, 0.5) is 0 Å². The Morgan fingerprint density at radius 1 is 0.465 bits per heavy atom. The molecule has 2 aromatic heterocycles. The maximum atomic E-state index is 2.48. The summed E-state index contributed by atoms with van der Waals surface area (Å²) >= 11 is 0. The largest absolute Gasteiger partial charge is 0.309 e. The molecule has 0 amide bonds. The molecule has 0 saturated heterocycles. The maximum Gasteiger partial charge on any atom is 0.0544 e. The summed E-state index contributed by atoms with van der Waals surface area (Å²) in [5.74, 6) is 0. The standard InChI is InChI=1S/C41H32N2/c1-25-17-19-36(26(2)21-25)43-38-16-10-7-12-29(38)32-22-27(18-20-39(32)43)42-37-15-9-6-13-30(37)33-23-31-28-11-5-8-14-34(28)41(3,4)35(31)24-40(33)42/h5-24H,1-4H3. The minimum atomic E-state index is -0.0509. The molecule has 0 unspecified atom stereocenters. The Balaban J connectivity index is 1.35. The minimum Gasteiger partial charge on any atom is -0.309 e. The SMILES string of the molecule is Cc1ccc(-n2c3ccccc3c3cc(-n4c5ccccc5c5cc6c(cc54)C(C)(C)c4ccccc4-6)ccc32)c(C)c1. The molecule has 0 atom stereocenters. The zero-order valence-electron chi connectivity index (χ0n) is 24.9. The second-order valence-electron chi connectivity index (χ2n) is 12.8. The molecule has 0 fully saturated rings. The fraction of sp³-hybridized carbons (Fsp3) is 0.122. The third-order valence-electron chi connectivity index (χ3n) is 9.88. The molecule has 8 aromatic rings. The number of rotatable bonds is 2. The normalized spacial score (nSPS) is 13.8. The minimum absolute atomic E-state index is 0.0509. The van der Waals surface area contributed by atoms with E-state index in [-0.39, 0.29) is 5.41 Å². The maximum absolute atomic E-state index is 2.48. The number of aromatic nitrogens is 2. The Hall–Kier alpha value is -5.08. The smallest absolute Gasteiger partial charge is 0.0544 e. The molecule has 206 valence electrons. The Morgan fingerprint density at radius 2 is 1.12 bits per heavy atom. The Kier molecular flexibility index (Phi) is 4.84. The van der Waals surface area contributed by atoms with Crippen LogP contribution in [-0.2, 0) is 5.41 Å². The molecule has 0 spiro atoms. The van der Waals surface area contributed by atoms with Crippen molar-refractivity contribution in [2.24, 2.45) is 0 Å². The van der Waals surface area contributed by atoms with Gasteiger partial charge in [-0.25, -0.2) is 0 Å². The van der Waals surface area contributed by atoms with E-state index < -0.39 is 0 Å². The van der Waals surface area contributed by atoms with Gasteiger partial charge in [0, 0.05) is 38.3 Å². The average Bonchev–Trinajstić information content (AvgIpc) is 3.60. The average molecular weight is 553 g/mol. The predicted molar refractivity (Wildman–Crippen MR) is 182 cm³/mol. The molecule has 1 aliphatic carbocycles. The van der Waals surface area contributed by atoms with Crippen LogP contribution in [0.3, 0.4) is 0 Å². The lowest BCUT2D eigenvalue weighted by molar-refractivity contribution is 0.661. The van der Waals surface area contributed by atoms with E-state index in [1.165, 1.54) is 88.4 Å². The summed E-state index contributed by atoms with van der Waals surface area (Å²) in [7, 11) is 0. The first-order chi connectivity index (χ1) is 20.9. The van der Waals surface area contributed by atoms with Crippen molar-refractivity contribution in [3.05, 3.63) is 144 Å². The molecule has 6 aromatic carbocycles. The van der Waals surface area contributed by atoms with E-state index in [2.05, 4.69) is 158 Å². The molecule has 0 saturated carbocycles. The Morgan fingerprint density at radius 3 is 1.88 bits per heavy atom. The van der Waals surface area contributed by atoms with Crippen LogP contribution in [0, 0.1) is 13.8 Å². The number of benzene rings is 6. The zero-order valence-corrected chi connectivity index (χ0v) is 24.9. The second kappa shape index (κ2) is 8.49. The van der Waals surface area contributed by atoms with Gasteiger partial charge in [0.05, 0.1) is 22.1 Å². The quantitative estimate of drug-likeness (QED) is 0.202. The molecule has 9 rings (SSSR count). The van der Waals surface area contributed by atoms with Crippen molar-refractivity contribution in [3.8, 4) is 22.5 Å². The van der Waals surface area contributed by atoms with Gasteiger partial charge in [0.25, 0.3) is 0 Å². The topological polar surface area (TPSA) is 9.86 Å². The highest BCUT2D eigenvalue weighted by atomic mass is 15.0. The highest BCUT2D eigenvalue weighted by Gasteiger charge is 2.36. The van der Waals surface area contributed by atoms with Crippen molar-refractivity contribution in [2.75, 3.05) is 0 Å². The van der Waals surface area contributed by atoms with Crippen molar-refractivity contribution in [1.82, 2.24) is 9.13 Å². The predicted octanol–water partition coefficient (Wildman–Crippen LogP) is 10.8. The van der Waals surface area contributed by atoms with Gasteiger partial charge >= 0.3 is 0 Å². The van der Waals surface area contributed by atoms with E-state index in [4.69, 9.17) is 0 Å². The number of fused-ring (bicyclic) bond motifs is 9. The summed E-state index contributed by atoms with van der Waals surface area (Å²) in [6.07, 6.45) is 0. The first-order valence-electron chi connectivity index (χ1n) is 15.2. The van der Waals surface area contributed by atoms with Crippen molar-refractivity contribution < 1.29 is 0 Å². The van der Waals surface area contributed by atoms with Crippen molar-refractivity contribution in [3.63, 3.8) is 0 Å². The van der Waals surface area contributed by atoms with Gasteiger partial charge in [0.15, 0.2) is 0 Å². The third-order valence-corrected chi connectivity index (χ3v) is 9.88. The molecule has 1 aliphatic rings. The molecule has 2 nitrogen and oxygen atoms in total. The van der Waals surface area contributed by atoms with E-state index >= 15 is 0 Å². The van der Waals surface area contributed by atoms with Gasteiger partial charge in [-0.05, 0) is 90.2 Å². The van der Waals surface area contributed by atoms with Crippen LogP contribution in [0.5, 0.6) is 0 Å². The van der Waals surface area contributed by atoms with Crippen molar-refractivity contribution in [2.45, 2.75) is 33.1 Å². The fourth-order valence-electron chi connectivity index (χ4n) is 7.86. The van der Waals surface area contributed by atoms with Gasteiger partial charge in [-0.2, -0.15) is 0 Å². The monoisotopic (exact) mass is 552 g/mol. The van der Waals surface area contributed by atoms with E-state index in [1.807, 2.05) is 0 Å². The van der Waals surface area contributed by atoms with Gasteiger partial charge in [0.2, 0.25) is 0 Å². The summed E-state index contributed by atoms with van der Waals surface area (Å²) in [5, 5.41) is 5.14. The first kappa shape index (κ1) is 24.5. The highest BCUT2D eigenvalue weighted by Crippen LogP contribution is 2.51. The number of hydrogen-bond donors (Lipinski definition) is 0. The van der Waals surface area contributed by atoms with Gasteiger partial charge < -0.3 is 9.13 Å². The summed E-state index contributed by atoms with van der Waals surface area (Å²) in [4.78, 5) is 0. The molecular weight excluding hydrogens is 520 g/mol. The van der Waals surface area contributed by atoms with Crippen LogP contribution >= 0.6 is 0 Å². The van der Waals surface area contributed by atoms with Crippen LogP contribution in [0.2, 0.25) is 0 Å². The second-order valence-corrected chi connectivity index (χ2v) is 12.8. The summed E-state index contributed by atoms with van der Waals surface area (Å²) in [6.45, 7) is 9.11. The summed E-state index contributed by atoms with van der Waals surface area (Å²) in [5.41, 5.74) is 15.5. The Labute approximate surface area is 251 Å². The molecule has 0 radical (unpaired) electrons. The van der Waals surface area contributed by atoms with Crippen LogP contribution in [-0.4, -0.2) is 9.13 Å². The molecule has 0 bridgehead atoms. The Bertz CT molecular complexity index is 2450. The molecule has 0 aliphatic heterocycles. The van der Waals surface area contributed by atoms with E-state index in [0.29, 0.717) is 0 Å². The molecule has 0 N–H and O–H groups in total. The van der Waals surface area contributed by atoms with Gasteiger partial charge in [-0.3, -0.25) is 0 Å². The molecule has 2 heteroatoms. The summed E-state index contributed by atoms with van der Waals surface area (Å²) in [6, 6.07) is 45.3.